The quantitative estimate of drug-likeness (QED) is 0.557. The number of benzene rings is 1. The number of methoxy groups -OCH3 is 1. The van der Waals surface area contributed by atoms with Crippen molar-refractivity contribution >= 4 is 39.1 Å². The molecule has 0 aliphatic heterocycles. The van der Waals surface area contributed by atoms with Crippen molar-refractivity contribution in [2.24, 2.45) is 0 Å². The molecule has 0 radical (unpaired) electrons. The summed E-state index contributed by atoms with van der Waals surface area (Å²) in [6, 6.07) is 9.52. The molecule has 0 atom stereocenters. The summed E-state index contributed by atoms with van der Waals surface area (Å²) < 4.78 is 7.01. The Bertz CT molecular complexity index is 966. The molecule has 150 valence electrons. The molecule has 0 fully saturated rings. The number of rotatable bonds is 8. The second kappa shape index (κ2) is 9.05. The molecule has 0 aliphatic carbocycles. The summed E-state index contributed by atoms with van der Waals surface area (Å²) in [6.07, 6.45) is 0. The lowest BCUT2D eigenvalue weighted by Gasteiger charge is -2.23. The molecule has 2 heterocycles. The van der Waals surface area contributed by atoms with Crippen LogP contribution in [0.25, 0.3) is 15.9 Å². The highest BCUT2D eigenvalue weighted by Crippen LogP contribution is 2.32. The predicted molar refractivity (Wildman–Crippen MR) is 115 cm³/mol. The average molecular weight is 421 g/mol. The van der Waals surface area contributed by atoms with Crippen LogP contribution >= 0.6 is 22.9 Å². The van der Waals surface area contributed by atoms with Crippen molar-refractivity contribution in [1.82, 2.24) is 19.6 Å². The van der Waals surface area contributed by atoms with Gasteiger partial charge in [0, 0.05) is 32.1 Å². The number of thiophene rings is 1. The van der Waals surface area contributed by atoms with Gasteiger partial charge in [0.2, 0.25) is 0 Å². The van der Waals surface area contributed by atoms with Gasteiger partial charge in [0.25, 0.3) is 5.91 Å². The molecule has 0 spiro atoms. The Morgan fingerprint density at radius 1 is 1.25 bits per heavy atom. The first-order valence-electron chi connectivity index (χ1n) is 9.09. The Labute approximate surface area is 174 Å². The number of hydrogen-bond donors (Lipinski definition) is 0. The molecule has 0 N–H and O–H groups in total. The van der Waals surface area contributed by atoms with Gasteiger partial charge in [-0.1, -0.05) is 23.7 Å². The monoisotopic (exact) mass is 420 g/mol. The van der Waals surface area contributed by atoms with Crippen molar-refractivity contribution < 1.29 is 9.53 Å². The Hall–Kier alpha value is -1.93. The fourth-order valence-corrected chi connectivity index (χ4v) is 4.29. The fourth-order valence-electron chi connectivity index (χ4n) is 2.93. The zero-order chi connectivity index (χ0) is 20.3. The summed E-state index contributed by atoms with van der Waals surface area (Å²) in [5.74, 6) is 0.0187. The number of aromatic nitrogens is 2. The molecular formula is C20H25ClN4O2S. The SMILES string of the molecule is COCCN(CCN(C)C)C(=O)c1cc2c(C)nn(-c3ccccc3Cl)c2s1. The number of aryl methyl sites for hydroxylation is 1. The Balaban J connectivity index is 1.95. The summed E-state index contributed by atoms with van der Waals surface area (Å²) in [5, 5.41) is 6.23. The number of carbonyl (C=O) groups is 1. The van der Waals surface area contributed by atoms with E-state index in [0.29, 0.717) is 29.6 Å². The van der Waals surface area contributed by atoms with Gasteiger partial charge in [-0.25, -0.2) is 4.68 Å². The highest BCUT2D eigenvalue weighted by molar-refractivity contribution is 7.20. The highest BCUT2D eigenvalue weighted by atomic mass is 35.5. The molecule has 6 nitrogen and oxygen atoms in total. The molecular weight excluding hydrogens is 396 g/mol. The van der Waals surface area contributed by atoms with Crippen LogP contribution in [0.15, 0.2) is 30.3 Å². The van der Waals surface area contributed by atoms with Crippen LogP contribution in [0.2, 0.25) is 5.02 Å². The van der Waals surface area contributed by atoms with E-state index in [1.807, 2.05) is 60.9 Å². The van der Waals surface area contributed by atoms with Gasteiger partial charge in [-0.15, -0.1) is 11.3 Å². The number of ether oxygens (including phenoxy) is 1. The lowest BCUT2D eigenvalue weighted by molar-refractivity contribution is 0.0688. The molecule has 0 unspecified atom stereocenters. The third-order valence-corrected chi connectivity index (χ3v) is 5.92. The Morgan fingerprint density at radius 2 is 2.00 bits per heavy atom. The van der Waals surface area contributed by atoms with E-state index in [1.54, 1.807) is 7.11 Å². The molecule has 3 aromatic rings. The van der Waals surface area contributed by atoms with Gasteiger partial charge < -0.3 is 14.5 Å². The fraction of sp³-hybridized carbons (Fsp3) is 0.400. The maximum atomic E-state index is 13.2. The summed E-state index contributed by atoms with van der Waals surface area (Å²) in [6.45, 7) is 4.47. The van der Waals surface area contributed by atoms with Gasteiger partial charge in [-0.2, -0.15) is 5.10 Å². The van der Waals surface area contributed by atoms with E-state index in [2.05, 4.69) is 10.00 Å². The molecule has 0 saturated carbocycles. The molecule has 3 rings (SSSR count). The maximum absolute atomic E-state index is 13.2. The van der Waals surface area contributed by atoms with Crippen LogP contribution in [-0.2, 0) is 4.74 Å². The highest BCUT2D eigenvalue weighted by Gasteiger charge is 2.22. The van der Waals surface area contributed by atoms with E-state index in [4.69, 9.17) is 16.3 Å². The molecule has 0 aliphatic rings. The number of amides is 1. The lowest BCUT2D eigenvalue weighted by Crippen LogP contribution is -2.38. The first-order valence-corrected chi connectivity index (χ1v) is 10.3. The van der Waals surface area contributed by atoms with Crippen molar-refractivity contribution in [3.8, 4) is 5.69 Å². The van der Waals surface area contributed by atoms with E-state index in [9.17, 15) is 4.79 Å². The van der Waals surface area contributed by atoms with Gasteiger partial charge >= 0.3 is 0 Å². The van der Waals surface area contributed by atoms with Crippen molar-refractivity contribution in [2.75, 3.05) is 47.4 Å². The largest absolute Gasteiger partial charge is 0.383 e. The number of halogens is 1. The number of fused-ring (bicyclic) bond motifs is 1. The van der Waals surface area contributed by atoms with Crippen molar-refractivity contribution in [2.45, 2.75) is 6.92 Å². The van der Waals surface area contributed by atoms with Crippen LogP contribution in [0.3, 0.4) is 0 Å². The van der Waals surface area contributed by atoms with E-state index in [-0.39, 0.29) is 5.91 Å². The lowest BCUT2D eigenvalue weighted by atomic mass is 10.3. The third-order valence-electron chi connectivity index (χ3n) is 4.51. The van der Waals surface area contributed by atoms with Crippen molar-refractivity contribution in [3.05, 3.63) is 45.9 Å². The summed E-state index contributed by atoms with van der Waals surface area (Å²) in [4.78, 5) is 18.7. The van der Waals surface area contributed by atoms with Crippen LogP contribution < -0.4 is 0 Å². The number of hydrogen-bond acceptors (Lipinski definition) is 5. The minimum absolute atomic E-state index is 0.0187. The van der Waals surface area contributed by atoms with Crippen LogP contribution in [0.5, 0.6) is 0 Å². The average Bonchev–Trinajstić information content (AvgIpc) is 3.22. The maximum Gasteiger partial charge on any atom is 0.264 e. The second-order valence-electron chi connectivity index (χ2n) is 6.87. The zero-order valence-electron chi connectivity index (χ0n) is 16.6. The molecule has 0 saturated heterocycles. The summed E-state index contributed by atoms with van der Waals surface area (Å²) in [5.41, 5.74) is 1.69. The minimum Gasteiger partial charge on any atom is -0.383 e. The van der Waals surface area contributed by atoms with Gasteiger partial charge in [-0.3, -0.25) is 4.79 Å². The van der Waals surface area contributed by atoms with Crippen LogP contribution in [0, 0.1) is 6.92 Å². The molecule has 1 amide bonds. The number of carbonyl (C=O) groups excluding carboxylic acids is 1. The number of para-hydroxylation sites is 1. The molecule has 28 heavy (non-hydrogen) atoms. The van der Waals surface area contributed by atoms with Crippen molar-refractivity contribution in [3.63, 3.8) is 0 Å². The van der Waals surface area contributed by atoms with E-state index < -0.39 is 0 Å². The molecule has 0 bridgehead atoms. The van der Waals surface area contributed by atoms with Crippen LogP contribution in [0.1, 0.15) is 15.4 Å². The normalized spacial score (nSPS) is 11.5. The summed E-state index contributed by atoms with van der Waals surface area (Å²) in [7, 11) is 5.65. The Kier molecular flexibility index (Phi) is 6.72. The first kappa shape index (κ1) is 20.8. The van der Waals surface area contributed by atoms with Crippen molar-refractivity contribution in [1.29, 1.82) is 0 Å². The van der Waals surface area contributed by atoms with E-state index in [0.717, 1.165) is 28.1 Å². The number of likely N-dealkylation sites (N-methyl/N-ethyl adjacent to an activating group) is 1. The summed E-state index contributed by atoms with van der Waals surface area (Å²) >= 11 is 7.81. The third kappa shape index (κ3) is 4.38. The number of nitrogens with zero attached hydrogens (tertiary/aromatic N) is 4. The zero-order valence-corrected chi connectivity index (χ0v) is 18.2. The minimum atomic E-state index is 0.0187. The van der Waals surface area contributed by atoms with E-state index >= 15 is 0 Å². The molecule has 1 aromatic carbocycles. The van der Waals surface area contributed by atoms with Gasteiger partial charge in [-0.05, 0) is 39.2 Å². The Morgan fingerprint density at radius 3 is 2.68 bits per heavy atom. The van der Waals surface area contributed by atoms with Gasteiger partial charge in [0.15, 0.2) is 0 Å². The smallest absolute Gasteiger partial charge is 0.264 e. The van der Waals surface area contributed by atoms with E-state index in [1.165, 1.54) is 11.3 Å². The first-order chi connectivity index (χ1) is 13.4. The predicted octanol–water partition coefficient (Wildman–Crippen LogP) is 3.70. The molecule has 2 aromatic heterocycles. The van der Waals surface area contributed by atoms with Gasteiger partial charge in [0.05, 0.1) is 27.9 Å². The standard InChI is InChI=1S/C20H25ClN4O2S/c1-14-15-13-18(19(26)24(11-12-27-4)10-9-23(2)3)28-20(15)25(22-14)17-8-6-5-7-16(17)21/h5-8,13H,9-12H2,1-4H3. The molecule has 8 heteroatoms. The van der Waals surface area contributed by atoms with Gasteiger partial charge in [0.1, 0.15) is 4.83 Å². The second-order valence-corrected chi connectivity index (χ2v) is 8.30. The topological polar surface area (TPSA) is 50.6 Å². The van der Waals surface area contributed by atoms with Crippen LogP contribution in [-0.4, -0.2) is 72.9 Å². The van der Waals surface area contributed by atoms with Crippen LogP contribution in [0.4, 0.5) is 0 Å².